The Kier molecular flexibility index (Phi) is 5.74. The lowest BCUT2D eigenvalue weighted by molar-refractivity contribution is -0.136. The van der Waals surface area contributed by atoms with Gasteiger partial charge in [-0.25, -0.2) is 0 Å². The molecule has 0 atom stereocenters. The number of nitrogens with two attached hydrogens (primary N) is 1. The lowest BCUT2D eigenvalue weighted by atomic mass is 10.0. The van der Waals surface area contributed by atoms with Crippen LogP contribution in [0.15, 0.2) is 18.2 Å². The van der Waals surface area contributed by atoms with Gasteiger partial charge in [-0.3, -0.25) is 4.79 Å². The molecule has 0 aliphatic rings. The zero-order chi connectivity index (χ0) is 10.6. The van der Waals surface area contributed by atoms with Gasteiger partial charge in [-0.15, -0.1) is 12.4 Å². The van der Waals surface area contributed by atoms with E-state index in [1.165, 1.54) is 0 Å². The maximum atomic E-state index is 10.5. The highest BCUT2D eigenvalue weighted by atomic mass is 35.5. The average Bonchev–Trinajstić information content (AvgIpc) is 2.17. The molecule has 3 N–H and O–H groups in total. The molecular weight excluding hydrogens is 218 g/mol. The molecule has 0 aliphatic carbocycles. The number of rotatable bonds is 4. The van der Waals surface area contributed by atoms with Crippen LogP contribution in [0.5, 0.6) is 5.75 Å². The summed E-state index contributed by atoms with van der Waals surface area (Å²) in [5.74, 6) is -0.163. The van der Waals surface area contributed by atoms with Crippen molar-refractivity contribution in [3.05, 3.63) is 29.3 Å². The van der Waals surface area contributed by atoms with Crippen LogP contribution < -0.4 is 10.5 Å². The summed E-state index contributed by atoms with van der Waals surface area (Å²) in [5, 5.41) is 8.64. The van der Waals surface area contributed by atoms with Gasteiger partial charge in [0.25, 0.3) is 0 Å². The molecule has 0 bridgehead atoms. The molecule has 0 spiro atoms. The molecular formula is C10H14ClNO3. The van der Waals surface area contributed by atoms with Crippen LogP contribution in [-0.2, 0) is 17.8 Å². The lowest BCUT2D eigenvalue weighted by Gasteiger charge is -2.07. The molecule has 0 amide bonds. The van der Waals surface area contributed by atoms with Crippen molar-refractivity contribution in [1.29, 1.82) is 0 Å². The molecule has 0 fully saturated rings. The minimum absolute atomic E-state index is 0. The van der Waals surface area contributed by atoms with Crippen molar-refractivity contribution in [2.24, 2.45) is 5.73 Å². The smallest absolute Gasteiger partial charge is 0.307 e. The Morgan fingerprint density at radius 3 is 2.60 bits per heavy atom. The van der Waals surface area contributed by atoms with Crippen molar-refractivity contribution in [1.82, 2.24) is 0 Å². The van der Waals surface area contributed by atoms with E-state index in [0.29, 0.717) is 12.3 Å². The van der Waals surface area contributed by atoms with Gasteiger partial charge in [0.1, 0.15) is 5.75 Å². The van der Waals surface area contributed by atoms with Crippen molar-refractivity contribution in [2.75, 3.05) is 7.11 Å². The van der Waals surface area contributed by atoms with Crippen molar-refractivity contribution in [3.63, 3.8) is 0 Å². The number of methoxy groups -OCH3 is 1. The van der Waals surface area contributed by atoms with Crippen LogP contribution in [0.25, 0.3) is 0 Å². The molecule has 4 nitrogen and oxygen atoms in total. The molecule has 5 heteroatoms. The van der Waals surface area contributed by atoms with Gasteiger partial charge in [-0.05, 0) is 23.3 Å². The molecule has 0 radical (unpaired) electrons. The first kappa shape index (κ1) is 13.7. The largest absolute Gasteiger partial charge is 0.497 e. The highest BCUT2D eigenvalue weighted by Gasteiger charge is 2.06. The van der Waals surface area contributed by atoms with E-state index >= 15 is 0 Å². The standard InChI is InChI=1S/C10H13NO3.ClH/c1-14-9-3-2-7(5-10(12)13)8(4-9)6-11;/h2-4H,5-6,11H2,1H3,(H,12,13);1H. The Hall–Kier alpha value is -1.26. The second kappa shape index (κ2) is 6.27. The Morgan fingerprint density at radius 1 is 1.47 bits per heavy atom. The first-order valence-corrected chi connectivity index (χ1v) is 4.25. The van der Waals surface area contributed by atoms with Crippen molar-refractivity contribution in [3.8, 4) is 5.75 Å². The van der Waals surface area contributed by atoms with E-state index in [0.717, 1.165) is 11.1 Å². The van der Waals surface area contributed by atoms with Crippen LogP contribution in [0.1, 0.15) is 11.1 Å². The highest BCUT2D eigenvalue weighted by molar-refractivity contribution is 5.85. The van der Waals surface area contributed by atoms with Crippen molar-refractivity contribution < 1.29 is 14.6 Å². The van der Waals surface area contributed by atoms with Crippen LogP contribution in [0.3, 0.4) is 0 Å². The predicted molar refractivity (Wildman–Crippen MR) is 59.5 cm³/mol. The summed E-state index contributed by atoms with van der Waals surface area (Å²) < 4.78 is 5.01. The summed E-state index contributed by atoms with van der Waals surface area (Å²) in [4.78, 5) is 10.5. The number of aliphatic carboxylic acids is 1. The minimum Gasteiger partial charge on any atom is -0.497 e. The van der Waals surface area contributed by atoms with Crippen LogP contribution in [0.4, 0.5) is 0 Å². The second-order valence-electron chi connectivity index (χ2n) is 2.91. The van der Waals surface area contributed by atoms with Gasteiger partial charge in [0.15, 0.2) is 0 Å². The SMILES string of the molecule is COc1ccc(CC(=O)O)c(CN)c1.Cl. The summed E-state index contributed by atoms with van der Waals surface area (Å²) in [6.07, 6.45) is -0.00344. The normalized spacial score (nSPS) is 9.20. The molecule has 0 heterocycles. The monoisotopic (exact) mass is 231 g/mol. The predicted octanol–water partition coefficient (Wildman–Crippen LogP) is 1.20. The summed E-state index contributed by atoms with van der Waals surface area (Å²) in [5.41, 5.74) is 7.05. The third kappa shape index (κ3) is 3.77. The van der Waals surface area contributed by atoms with E-state index in [-0.39, 0.29) is 18.8 Å². The fourth-order valence-corrected chi connectivity index (χ4v) is 1.25. The number of hydrogen-bond donors (Lipinski definition) is 2. The first-order chi connectivity index (χ1) is 6.67. The Balaban J connectivity index is 0.00000196. The number of benzene rings is 1. The van der Waals surface area contributed by atoms with Gasteiger partial charge in [-0.2, -0.15) is 0 Å². The Labute approximate surface area is 94.5 Å². The minimum atomic E-state index is -0.857. The maximum Gasteiger partial charge on any atom is 0.307 e. The Morgan fingerprint density at radius 2 is 2.13 bits per heavy atom. The first-order valence-electron chi connectivity index (χ1n) is 4.25. The van der Waals surface area contributed by atoms with E-state index in [1.54, 1.807) is 25.3 Å². The zero-order valence-electron chi connectivity index (χ0n) is 8.40. The summed E-state index contributed by atoms with van der Waals surface area (Å²) >= 11 is 0. The van der Waals surface area contributed by atoms with Gasteiger partial charge < -0.3 is 15.6 Å². The van der Waals surface area contributed by atoms with E-state index < -0.39 is 5.97 Å². The molecule has 1 rings (SSSR count). The molecule has 0 saturated carbocycles. The van der Waals surface area contributed by atoms with Crippen LogP contribution in [-0.4, -0.2) is 18.2 Å². The summed E-state index contributed by atoms with van der Waals surface area (Å²) in [6.45, 7) is 0.319. The molecule has 0 saturated heterocycles. The van der Waals surface area contributed by atoms with Gasteiger partial charge in [0, 0.05) is 6.54 Å². The van der Waals surface area contributed by atoms with E-state index in [2.05, 4.69) is 0 Å². The van der Waals surface area contributed by atoms with Crippen LogP contribution in [0.2, 0.25) is 0 Å². The number of hydrogen-bond acceptors (Lipinski definition) is 3. The molecule has 0 aliphatic heterocycles. The van der Waals surface area contributed by atoms with E-state index in [4.69, 9.17) is 15.6 Å². The van der Waals surface area contributed by atoms with E-state index in [1.807, 2.05) is 0 Å². The maximum absolute atomic E-state index is 10.5. The fourth-order valence-electron chi connectivity index (χ4n) is 1.25. The lowest BCUT2D eigenvalue weighted by Crippen LogP contribution is -2.07. The molecule has 0 unspecified atom stereocenters. The quantitative estimate of drug-likeness (QED) is 0.817. The number of halogens is 1. The molecule has 84 valence electrons. The van der Waals surface area contributed by atoms with Crippen molar-refractivity contribution in [2.45, 2.75) is 13.0 Å². The second-order valence-corrected chi connectivity index (χ2v) is 2.91. The van der Waals surface area contributed by atoms with Gasteiger partial charge >= 0.3 is 5.97 Å². The topological polar surface area (TPSA) is 72.5 Å². The van der Waals surface area contributed by atoms with Crippen LogP contribution in [0, 0.1) is 0 Å². The summed E-state index contributed by atoms with van der Waals surface area (Å²) in [7, 11) is 1.56. The molecule has 0 aromatic heterocycles. The van der Waals surface area contributed by atoms with Gasteiger partial charge in [0.2, 0.25) is 0 Å². The number of ether oxygens (including phenoxy) is 1. The zero-order valence-corrected chi connectivity index (χ0v) is 9.21. The Bertz CT molecular complexity index is 341. The third-order valence-electron chi connectivity index (χ3n) is 1.98. The number of carboxylic acid groups (broad SMARTS) is 1. The summed E-state index contributed by atoms with van der Waals surface area (Å²) in [6, 6.07) is 5.23. The van der Waals surface area contributed by atoms with Crippen LogP contribution >= 0.6 is 12.4 Å². The van der Waals surface area contributed by atoms with E-state index in [9.17, 15) is 4.79 Å². The van der Waals surface area contributed by atoms with Gasteiger partial charge in [0.05, 0.1) is 13.5 Å². The molecule has 1 aromatic rings. The van der Waals surface area contributed by atoms with Gasteiger partial charge in [-0.1, -0.05) is 6.07 Å². The molecule has 15 heavy (non-hydrogen) atoms. The number of carbonyl (C=O) groups is 1. The molecule has 1 aromatic carbocycles. The number of carboxylic acids is 1. The fraction of sp³-hybridized carbons (Fsp3) is 0.300. The average molecular weight is 232 g/mol. The third-order valence-corrected chi connectivity index (χ3v) is 1.98. The highest BCUT2D eigenvalue weighted by Crippen LogP contribution is 2.17. The van der Waals surface area contributed by atoms with Crippen molar-refractivity contribution >= 4 is 18.4 Å².